The number of benzene rings is 2. The van der Waals surface area contributed by atoms with E-state index in [1.54, 1.807) is 7.11 Å². The number of ether oxygens (including phenoxy) is 3. The highest BCUT2D eigenvalue weighted by molar-refractivity contribution is 14.1. The molecule has 0 N–H and O–H groups in total. The molecule has 5 heteroatoms. The lowest BCUT2D eigenvalue weighted by Crippen LogP contribution is -1.92. The van der Waals surface area contributed by atoms with Crippen LogP contribution in [0.2, 0.25) is 0 Å². The molecule has 0 fully saturated rings. The van der Waals surface area contributed by atoms with Crippen LogP contribution in [0.15, 0.2) is 40.8 Å². The number of hydrogen-bond donors (Lipinski definition) is 0. The molecule has 0 bridgehead atoms. The van der Waals surface area contributed by atoms with Gasteiger partial charge in [-0.2, -0.15) is 0 Å². The average molecular weight is 436 g/mol. The summed E-state index contributed by atoms with van der Waals surface area (Å²) in [6, 6.07) is 12.2. The minimum atomic E-state index is 0.271. The Morgan fingerprint density at radius 1 is 1.08 bits per heavy atom. The monoisotopic (exact) mass is 436 g/mol. The molecule has 24 heavy (non-hydrogen) atoms. The number of hydrogen-bond acceptors (Lipinski definition) is 4. The molecule has 0 unspecified atom stereocenters. The predicted octanol–water partition coefficient (Wildman–Crippen LogP) is 5.20. The number of alkyl halides is 1. The summed E-state index contributed by atoms with van der Waals surface area (Å²) in [6.45, 7) is 0.271. The summed E-state index contributed by atoms with van der Waals surface area (Å²) in [5.41, 5.74) is 3.02. The van der Waals surface area contributed by atoms with E-state index in [2.05, 4.69) is 40.8 Å². The molecular formula is C19H17IO4. The molecule has 3 aromatic rings. The van der Waals surface area contributed by atoms with Crippen molar-refractivity contribution in [2.45, 2.75) is 12.8 Å². The van der Waals surface area contributed by atoms with E-state index in [1.807, 2.05) is 18.2 Å². The lowest BCUT2D eigenvalue weighted by molar-refractivity contribution is 0.174. The molecule has 0 radical (unpaired) electrons. The van der Waals surface area contributed by atoms with E-state index in [4.69, 9.17) is 18.6 Å². The van der Waals surface area contributed by atoms with Gasteiger partial charge in [0.2, 0.25) is 6.79 Å². The topological polar surface area (TPSA) is 40.8 Å². The summed E-state index contributed by atoms with van der Waals surface area (Å²) < 4.78 is 23.6. The molecule has 1 aliphatic rings. The van der Waals surface area contributed by atoms with Crippen LogP contribution in [0, 0.1) is 0 Å². The standard InChI is InChI=1S/C19H17IO4/c1-21-18-8-12(3-2-6-20)7-14-10-16(24-19(14)18)13-4-5-15-17(9-13)23-11-22-15/h4-5,7-10H,2-3,6,11H2,1H3. The lowest BCUT2D eigenvalue weighted by Gasteiger charge is -2.05. The summed E-state index contributed by atoms with van der Waals surface area (Å²) in [4.78, 5) is 0. The van der Waals surface area contributed by atoms with Crippen LogP contribution in [-0.2, 0) is 6.42 Å². The molecule has 4 nitrogen and oxygen atoms in total. The Balaban J connectivity index is 1.77. The Bertz CT molecular complexity index is 884. The summed E-state index contributed by atoms with van der Waals surface area (Å²) in [5, 5.41) is 1.06. The SMILES string of the molecule is COc1cc(CCCI)cc2cc(-c3ccc4c(c3)OCO4)oc12. The van der Waals surface area contributed by atoms with Crippen molar-refractivity contribution in [2.75, 3.05) is 18.3 Å². The van der Waals surface area contributed by atoms with Crippen molar-refractivity contribution >= 4 is 33.6 Å². The summed E-state index contributed by atoms with van der Waals surface area (Å²) in [5.74, 6) is 3.10. The summed E-state index contributed by atoms with van der Waals surface area (Å²) in [6.07, 6.45) is 2.20. The van der Waals surface area contributed by atoms with Crippen LogP contribution in [-0.4, -0.2) is 18.3 Å². The van der Waals surface area contributed by atoms with Crippen molar-refractivity contribution in [3.05, 3.63) is 42.0 Å². The highest BCUT2D eigenvalue weighted by Crippen LogP contribution is 2.39. The molecule has 0 aliphatic carbocycles. The van der Waals surface area contributed by atoms with Crippen LogP contribution in [0.25, 0.3) is 22.3 Å². The third kappa shape index (κ3) is 2.81. The zero-order chi connectivity index (χ0) is 16.5. The maximum atomic E-state index is 6.07. The Hall–Kier alpha value is -1.89. The van der Waals surface area contributed by atoms with Crippen molar-refractivity contribution in [1.29, 1.82) is 0 Å². The maximum absolute atomic E-state index is 6.07. The molecular weight excluding hydrogens is 419 g/mol. The van der Waals surface area contributed by atoms with Gasteiger partial charge in [-0.3, -0.25) is 0 Å². The molecule has 0 amide bonds. The van der Waals surface area contributed by atoms with Crippen molar-refractivity contribution in [1.82, 2.24) is 0 Å². The third-order valence-electron chi connectivity index (χ3n) is 4.12. The Labute approximate surface area is 153 Å². The van der Waals surface area contributed by atoms with Gasteiger partial charge in [0.15, 0.2) is 22.8 Å². The quantitative estimate of drug-likeness (QED) is 0.407. The number of furan rings is 1. The second kappa shape index (κ2) is 6.55. The number of aryl methyl sites for hydroxylation is 1. The highest BCUT2D eigenvalue weighted by Gasteiger charge is 2.17. The van der Waals surface area contributed by atoms with E-state index in [0.29, 0.717) is 0 Å². The van der Waals surface area contributed by atoms with Crippen LogP contribution in [0.4, 0.5) is 0 Å². The van der Waals surface area contributed by atoms with Crippen molar-refractivity contribution in [2.24, 2.45) is 0 Å². The second-order valence-corrected chi connectivity index (χ2v) is 6.77. The van der Waals surface area contributed by atoms with Crippen molar-refractivity contribution in [3.8, 4) is 28.6 Å². The Morgan fingerprint density at radius 2 is 1.96 bits per heavy atom. The van der Waals surface area contributed by atoms with E-state index in [0.717, 1.165) is 56.8 Å². The first-order valence-electron chi connectivity index (χ1n) is 7.85. The van der Waals surface area contributed by atoms with Gasteiger partial charge in [0.25, 0.3) is 0 Å². The first-order chi connectivity index (χ1) is 11.8. The molecule has 0 saturated heterocycles. The molecule has 2 heterocycles. The smallest absolute Gasteiger partial charge is 0.231 e. The number of halogens is 1. The van der Waals surface area contributed by atoms with E-state index in [-0.39, 0.29) is 6.79 Å². The first-order valence-corrected chi connectivity index (χ1v) is 9.37. The Kier molecular flexibility index (Phi) is 4.26. The highest BCUT2D eigenvalue weighted by atomic mass is 127. The second-order valence-electron chi connectivity index (χ2n) is 5.69. The van der Waals surface area contributed by atoms with Gasteiger partial charge in [0, 0.05) is 10.9 Å². The molecule has 124 valence electrons. The van der Waals surface area contributed by atoms with Gasteiger partial charge in [-0.15, -0.1) is 0 Å². The van der Waals surface area contributed by atoms with Gasteiger partial charge >= 0.3 is 0 Å². The summed E-state index contributed by atoms with van der Waals surface area (Å²) in [7, 11) is 1.68. The molecule has 1 aliphatic heterocycles. The van der Waals surface area contributed by atoms with E-state index >= 15 is 0 Å². The van der Waals surface area contributed by atoms with Gasteiger partial charge in [0.05, 0.1) is 7.11 Å². The molecule has 1 aromatic heterocycles. The van der Waals surface area contributed by atoms with Crippen LogP contribution in [0.5, 0.6) is 17.2 Å². The Morgan fingerprint density at radius 3 is 2.79 bits per heavy atom. The fourth-order valence-electron chi connectivity index (χ4n) is 2.94. The van der Waals surface area contributed by atoms with Crippen molar-refractivity contribution < 1.29 is 18.6 Å². The molecule has 4 rings (SSSR count). The molecule has 0 saturated carbocycles. The number of rotatable bonds is 5. The van der Waals surface area contributed by atoms with Crippen LogP contribution in [0.1, 0.15) is 12.0 Å². The lowest BCUT2D eigenvalue weighted by atomic mass is 10.1. The largest absolute Gasteiger partial charge is 0.493 e. The maximum Gasteiger partial charge on any atom is 0.231 e. The normalized spacial score (nSPS) is 12.8. The molecule has 2 aromatic carbocycles. The van der Waals surface area contributed by atoms with E-state index < -0.39 is 0 Å². The van der Waals surface area contributed by atoms with Crippen LogP contribution in [0.3, 0.4) is 0 Å². The van der Waals surface area contributed by atoms with Crippen LogP contribution >= 0.6 is 22.6 Å². The van der Waals surface area contributed by atoms with Crippen LogP contribution < -0.4 is 14.2 Å². The zero-order valence-corrected chi connectivity index (χ0v) is 15.5. The van der Waals surface area contributed by atoms with E-state index in [1.165, 1.54) is 5.56 Å². The van der Waals surface area contributed by atoms with E-state index in [9.17, 15) is 0 Å². The van der Waals surface area contributed by atoms with Gasteiger partial charge in [0.1, 0.15) is 5.76 Å². The summed E-state index contributed by atoms with van der Waals surface area (Å²) >= 11 is 2.40. The fourth-order valence-corrected chi connectivity index (χ4v) is 3.32. The van der Waals surface area contributed by atoms with Gasteiger partial charge in [-0.05, 0) is 59.2 Å². The average Bonchev–Trinajstić information content (AvgIpc) is 3.24. The zero-order valence-electron chi connectivity index (χ0n) is 13.3. The van der Waals surface area contributed by atoms with Gasteiger partial charge < -0.3 is 18.6 Å². The third-order valence-corrected chi connectivity index (χ3v) is 4.88. The minimum absolute atomic E-state index is 0.271. The predicted molar refractivity (Wildman–Crippen MR) is 102 cm³/mol. The van der Waals surface area contributed by atoms with Crippen molar-refractivity contribution in [3.63, 3.8) is 0 Å². The number of fused-ring (bicyclic) bond motifs is 2. The number of methoxy groups -OCH3 is 1. The molecule has 0 spiro atoms. The van der Waals surface area contributed by atoms with Gasteiger partial charge in [-0.25, -0.2) is 0 Å². The minimum Gasteiger partial charge on any atom is -0.493 e. The fraction of sp³-hybridized carbons (Fsp3) is 0.263. The van der Waals surface area contributed by atoms with Gasteiger partial charge in [-0.1, -0.05) is 22.6 Å². The molecule has 0 atom stereocenters. The first kappa shape index (κ1) is 15.6.